The average Bonchev–Trinajstić information content (AvgIpc) is 3.61. The number of benzene rings is 2. The minimum absolute atomic E-state index is 0.00884. The summed E-state index contributed by atoms with van der Waals surface area (Å²) in [6.07, 6.45) is -2.18. The molecule has 2 aromatic heterocycles. The van der Waals surface area contributed by atoms with Crippen LogP contribution >= 0.6 is 11.3 Å². The van der Waals surface area contributed by atoms with Gasteiger partial charge in [0.2, 0.25) is 0 Å². The lowest BCUT2D eigenvalue weighted by atomic mass is 9.92. The van der Waals surface area contributed by atoms with E-state index in [-0.39, 0.29) is 43.4 Å². The number of nitrogen functional groups attached to an aromatic ring is 1. The SMILES string of the molecule is COc1nc(N(C)C)c2cc(C(F)(F)F)c(-c3ccc(F)c4sc(N)c(C#N)c34)c(F)c2n1.FC1CC2CCCN2C1. The fourth-order valence-corrected chi connectivity index (χ4v) is 6.59. The lowest BCUT2D eigenvalue weighted by Crippen LogP contribution is -2.22. The third-order valence-electron chi connectivity index (χ3n) is 7.46. The summed E-state index contributed by atoms with van der Waals surface area (Å²) in [5.74, 6) is -2.10. The molecule has 2 saturated heterocycles. The van der Waals surface area contributed by atoms with Crippen molar-refractivity contribution in [3.63, 3.8) is 0 Å². The largest absolute Gasteiger partial charge is 0.467 e. The Bertz CT molecular complexity index is 1700. The van der Waals surface area contributed by atoms with E-state index in [4.69, 9.17) is 10.5 Å². The Hall–Kier alpha value is -3.83. The van der Waals surface area contributed by atoms with E-state index >= 15 is 4.39 Å². The number of hydrogen-bond donors (Lipinski definition) is 1. The van der Waals surface area contributed by atoms with Gasteiger partial charge in [-0.25, -0.2) is 13.2 Å². The van der Waals surface area contributed by atoms with Crippen molar-refractivity contribution in [3.8, 4) is 23.2 Å². The van der Waals surface area contributed by atoms with Gasteiger partial charge in [0.05, 0.1) is 22.9 Å². The van der Waals surface area contributed by atoms with Crippen LogP contribution in [0.15, 0.2) is 18.2 Å². The molecule has 4 heterocycles. The molecule has 0 radical (unpaired) electrons. The van der Waals surface area contributed by atoms with Crippen LogP contribution in [0.3, 0.4) is 0 Å². The molecule has 222 valence electrons. The number of rotatable bonds is 3. The Morgan fingerprint density at radius 3 is 2.57 bits per heavy atom. The van der Waals surface area contributed by atoms with Crippen LogP contribution in [-0.2, 0) is 6.18 Å². The lowest BCUT2D eigenvalue weighted by molar-refractivity contribution is -0.137. The Kier molecular flexibility index (Phi) is 7.84. The zero-order valence-electron chi connectivity index (χ0n) is 22.8. The van der Waals surface area contributed by atoms with Crippen molar-refractivity contribution in [1.82, 2.24) is 14.9 Å². The highest BCUT2D eigenvalue weighted by atomic mass is 32.1. The number of anilines is 2. The number of nitriles is 1. The molecule has 2 unspecified atom stereocenters. The first-order valence-electron chi connectivity index (χ1n) is 13.0. The number of halogens is 6. The molecule has 14 heteroatoms. The molecule has 2 aromatic carbocycles. The number of nitrogens with zero attached hydrogens (tertiary/aromatic N) is 5. The van der Waals surface area contributed by atoms with E-state index in [0.29, 0.717) is 23.9 Å². The standard InChI is InChI=1S/C21H14F5N5OS.C7H12FN/c1-31(2)19-9-6-11(21(24,25)26)14(15(23)16(9)29-20(30-19)32-3)8-4-5-12(22)17-13(8)10(7-27)18(28)33-17;8-6-4-7-2-1-3-9(7)5-6/h4-6H,28H2,1-3H3;6-7H,1-5H2. The molecule has 0 saturated carbocycles. The highest BCUT2D eigenvalue weighted by Gasteiger charge is 2.38. The fourth-order valence-electron chi connectivity index (χ4n) is 5.65. The maximum atomic E-state index is 15.9. The Morgan fingerprint density at radius 2 is 1.95 bits per heavy atom. The van der Waals surface area contributed by atoms with Crippen molar-refractivity contribution in [1.29, 1.82) is 5.26 Å². The molecule has 4 aromatic rings. The van der Waals surface area contributed by atoms with Crippen LogP contribution in [0.2, 0.25) is 0 Å². The van der Waals surface area contributed by atoms with Gasteiger partial charge in [0, 0.05) is 43.0 Å². The summed E-state index contributed by atoms with van der Waals surface area (Å²) in [5.41, 5.74) is 2.61. The number of alkyl halides is 4. The van der Waals surface area contributed by atoms with Crippen LogP contribution in [0.4, 0.5) is 37.2 Å². The summed E-state index contributed by atoms with van der Waals surface area (Å²) < 4.78 is 90.3. The van der Waals surface area contributed by atoms with Gasteiger partial charge >= 0.3 is 12.2 Å². The number of fused-ring (bicyclic) bond motifs is 3. The van der Waals surface area contributed by atoms with Crippen molar-refractivity contribution in [2.24, 2.45) is 0 Å². The summed E-state index contributed by atoms with van der Waals surface area (Å²) in [7, 11) is 4.29. The van der Waals surface area contributed by atoms with Crippen LogP contribution in [0.1, 0.15) is 30.4 Å². The van der Waals surface area contributed by atoms with Gasteiger partial charge in [0.1, 0.15) is 34.4 Å². The summed E-state index contributed by atoms with van der Waals surface area (Å²) in [6, 6.07) is 4.77. The summed E-state index contributed by atoms with van der Waals surface area (Å²) >= 11 is 0.698. The van der Waals surface area contributed by atoms with E-state index in [9.17, 15) is 27.2 Å². The van der Waals surface area contributed by atoms with Gasteiger partial charge in [-0.15, -0.1) is 11.3 Å². The molecule has 0 spiro atoms. The van der Waals surface area contributed by atoms with Gasteiger partial charge in [-0.2, -0.15) is 28.4 Å². The fraction of sp³-hybridized carbons (Fsp3) is 0.393. The van der Waals surface area contributed by atoms with E-state index in [0.717, 1.165) is 31.2 Å². The molecular formula is C28H26F6N6OS. The number of hydrogen-bond acceptors (Lipinski definition) is 8. The van der Waals surface area contributed by atoms with E-state index in [2.05, 4.69) is 14.9 Å². The summed E-state index contributed by atoms with van der Waals surface area (Å²) in [5, 5.41) is 9.02. The highest BCUT2D eigenvalue weighted by molar-refractivity contribution is 7.23. The average molecular weight is 609 g/mol. The third-order valence-corrected chi connectivity index (χ3v) is 8.49. The number of ether oxygens (including phenoxy) is 1. The van der Waals surface area contributed by atoms with Crippen molar-refractivity contribution in [3.05, 3.63) is 41.0 Å². The smallest absolute Gasteiger partial charge is 0.417 e. The van der Waals surface area contributed by atoms with E-state index in [1.807, 2.05) is 0 Å². The summed E-state index contributed by atoms with van der Waals surface area (Å²) in [6.45, 7) is 1.86. The number of nitrogens with two attached hydrogens (primary N) is 1. The van der Waals surface area contributed by atoms with Gasteiger partial charge in [0.25, 0.3) is 0 Å². The zero-order valence-corrected chi connectivity index (χ0v) is 23.6. The van der Waals surface area contributed by atoms with Gasteiger partial charge in [-0.1, -0.05) is 6.07 Å². The molecule has 2 N–H and O–H groups in total. The van der Waals surface area contributed by atoms with Crippen molar-refractivity contribution in [2.45, 2.75) is 37.7 Å². The second-order valence-electron chi connectivity index (χ2n) is 10.3. The normalized spacial score (nSPS) is 18.6. The van der Waals surface area contributed by atoms with Crippen LogP contribution in [0.25, 0.3) is 32.1 Å². The zero-order chi connectivity index (χ0) is 30.5. The van der Waals surface area contributed by atoms with Crippen LogP contribution in [-0.4, -0.2) is 61.4 Å². The molecule has 2 fully saturated rings. The minimum atomic E-state index is -5.00. The molecule has 0 aliphatic carbocycles. The first kappa shape index (κ1) is 29.7. The van der Waals surface area contributed by atoms with Gasteiger partial charge in [-0.05, 0) is 43.5 Å². The van der Waals surface area contributed by atoms with Gasteiger partial charge < -0.3 is 15.4 Å². The topological polar surface area (TPSA) is 91.3 Å². The van der Waals surface area contributed by atoms with E-state index in [1.165, 1.54) is 38.9 Å². The first-order valence-corrected chi connectivity index (χ1v) is 13.8. The molecule has 0 amide bonds. The Labute approximate surface area is 241 Å². The molecular weight excluding hydrogens is 582 g/mol. The Morgan fingerprint density at radius 1 is 1.21 bits per heavy atom. The van der Waals surface area contributed by atoms with Crippen molar-refractivity contribution < 1.29 is 31.1 Å². The second-order valence-corrected chi connectivity index (χ2v) is 11.4. The first-order chi connectivity index (χ1) is 19.8. The molecule has 0 bridgehead atoms. The second kappa shape index (κ2) is 11.1. The molecule has 2 atom stereocenters. The maximum absolute atomic E-state index is 15.9. The quantitative estimate of drug-likeness (QED) is 0.265. The summed E-state index contributed by atoms with van der Waals surface area (Å²) in [4.78, 5) is 11.6. The molecule has 2 aliphatic heterocycles. The van der Waals surface area contributed by atoms with E-state index in [1.54, 1.807) is 6.07 Å². The molecule has 42 heavy (non-hydrogen) atoms. The minimum Gasteiger partial charge on any atom is -0.467 e. The van der Waals surface area contributed by atoms with Crippen LogP contribution < -0.4 is 15.4 Å². The number of thiophene rings is 1. The monoisotopic (exact) mass is 608 g/mol. The maximum Gasteiger partial charge on any atom is 0.417 e. The predicted octanol–water partition coefficient (Wildman–Crippen LogP) is 6.53. The van der Waals surface area contributed by atoms with Crippen LogP contribution in [0, 0.1) is 23.0 Å². The van der Waals surface area contributed by atoms with Crippen molar-refractivity contribution >= 4 is 43.1 Å². The van der Waals surface area contributed by atoms with E-state index < -0.39 is 40.6 Å². The molecule has 7 nitrogen and oxygen atoms in total. The van der Waals surface area contributed by atoms with Gasteiger partial charge in [0.15, 0.2) is 5.82 Å². The lowest BCUT2D eigenvalue weighted by Gasteiger charge is -2.20. The van der Waals surface area contributed by atoms with Crippen molar-refractivity contribution in [2.75, 3.05) is 44.9 Å². The Balaban J connectivity index is 0.000000330. The van der Waals surface area contributed by atoms with Gasteiger partial charge in [-0.3, -0.25) is 4.90 Å². The molecule has 2 aliphatic rings. The predicted molar refractivity (Wildman–Crippen MR) is 149 cm³/mol. The highest BCUT2D eigenvalue weighted by Crippen LogP contribution is 2.47. The number of aromatic nitrogens is 2. The molecule has 6 rings (SSSR count). The number of methoxy groups -OCH3 is 1. The third kappa shape index (κ3) is 5.15. The van der Waals surface area contributed by atoms with Crippen LogP contribution in [0.5, 0.6) is 6.01 Å².